The van der Waals surface area contributed by atoms with Gasteiger partial charge in [-0.15, -0.1) is 11.8 Å². The molecule has 0 aromatic heterocycles. The van der Waals surface area contributed by atoms with Crippen molar-refractivity contribution in [3.8, 4) is 0 Å². The van der Waals surface area contributed by atoms with Crippen LogP contribution in [0.1, 0.15) is 18.4 Å². The number of carbonyl (C=O) groups is 2. The second kappa shape index (κ2) is 7.36. The fourth-order valence-corrected chi connectivity index (χ4v) is 4.53. The summed E-state index contributed by atoms with van der Waals surface area (Å²) in [7, 11) is 0. The Hall–Kier alpha value is -1.53. The van der Waals surface area contributed by atoms with Crippen LogP contribution in [-0.2, 0) is 16.0 Å². The van der Waals surface area contributed by atoms with Crippen LogP contribution in [0.3, 0.4) is 0 Å². The van der Waals surface area contributed by atoms with Crippen molar-refractivity contribution in [2.75, 3.05) is 26.2 Å². The molecular weight excluding hydrogens is 310 g/mol. The molecule has 6 heteroatoms. The Morgan fingerprint density at radius 2 is 2.17 bits per heavy atom. The standard InChI is InChI=1S/C17H23N3O2S/c18-7-8-19-16(21)13-5-3-9-20(11-13)17(22)15-10-12-4-1-2-6-14(12)23-15/h1-2,4,6,13,15H,3,5,7-11,18H2,(H,19,21). The molecule has 2 unspecified atom stereocenters. The third-order valence-electron chi connectivity index (χ3n) is 4.47. The summed E-state index contributed by atoms with van der Waals surface area (Å²) < 4.78 is 0. The van der Waals surface area contributed by atoms with E-state index >= 15 is 0 Å². The molecule has 3 N–H and O–H groups in total. The Kier molecular flexibility index (Phi) is 5.23. The first kappa shape index (κ1) is 16.3. The summed E-state index contributed by atoms with van der Waals surface area (Å²) >= 11 is 1.65. The van der Waals surface area contributed by atoms with Gasteiger partial charge in [0, 0.05) is 31.1 Å². The zero-order valence-corrected chi connectivity index (χ0v) is 14.0. The number of hydrogen-bond donors (Lipinski definition) is 2. The summed E-state index contributed by atoms with van der Waals surface area (Å²) in [5.74, 6) is 0.0888. The van der Waals surface area contributed by atoms with Crippen LogP contribution in [0.2, 0.25) is 0 Å². The normalized spacial score (nSPS) is 23.4. The van der Waals surface area contributed by atoms with Gasteiger partial charge in [-0.2, -0.15) is 0 Å². The minimum Gasteiger partial charge on any atom is -0.355 e. The van der Waals surface area contributed by atoms with Gasteiger partial charge in [0.15, 0.2) is 0 Å². The van der Waals surface area contributed by atoms with Crippen LogP contribution >= 0.6 is 11.8 Å². The van der Waals surface area contributed by atoms with Gasteiger partial charge in [-0.3, -0.25) is 9.59 Å². The van der Waals surface area contributed by atoms with E-state index in [1.807, 2.05) is 17.0 Å². The molecule has 3 rings (SSSR count). The Bertz CT molecular complexity index is 568. The molecule has 1 saturated heterocycles. The van der Waals surface area contributed by atoms with E-state index in [-0.39, 0.29) is 23.0 Å². The molecule has 0 bridgehead atoms. The number of thioether (sulfide) groups is 1. The van der Waals surface area contributed by atoms with E-state index in [1.165, 1.54) is 10.5 Å². The summed E-state index contributed by atoms with van der Waals surface area (Å²) in [6.45, 7) is 2.23. The third-order valence-corrected chi connectivity index (χ3v) is 5.78. The number of benzene rings is 1. The predicted molar refractivity (Wildman–Crippen MR) is 91.2 cm³/mol. The van der Waals surface area contributed by atoms with Crippen molar-refractivity contribution < 1.29 is 9.59 Å². The van der Waals surface area contributed by atoms with Crippen molar-refractivity contribution in [2.24, 2.45) is 11.7 Å². The monoisotopic (exact) mass is 333 g/mol. The number of nitrogens with zero attached hydrogens (tertiary/aromatic N) is 1. The smallest absolute Gasteiger partial charge is 0.236 e. The van der Waals surface area contributed by atoms with Crippen molar-refractivity contribution >= 4 is 23.6 Å². The number of nitrogens with two attached hydrogens (primary N) is 1. The number of rotatable bonds is 4. The van der Waals surface area contributed by atoms with Gasteiger partial charge in [-0.25, -0.2) is 0 Å². The van der Waals surface area contributed by atoms with E-state index in [4.69, 9.17) is 5.73 Å². The fraction of sp³-hybridized carbons (Fsp3) is 0.529. The van der Waals surface area contributed by atoms with Gasteiger partial charge in [-0.1, -0.05) is 18.2 Å². The van der Waals surface area contributed by atoms with Crippen LogP contribution in [0.25, 0.3) is 0 Å². The van der Waals surface area contributed by atoms with Crippen molar-refractivity contribution in [1.29, 1.82) is 0 Å². The summed E-state index contributed by atoms with van der Waals surface area (Å²) in [5, 5.41) is 2.79. The molecule has 2 amide bonds. The topological polar surface area (TPSA) is 75.4 Å². The summed E-state index contributed by atoms with van der Waals surface area (Å²) in [5.41, 5.74) is 6.68. The van der Waals surface area contributed by atoms with Crippen molar-refractivity contribution in [1.82, 2.24) is 10.2 Å². The molecule has 0 saturated carbocycles. The molecule has 2 heterocycles. The van der Waals surface area contributed by atoms with Gasteiger partial charge in [0.1, 0.15) is 0 Å². The molecule has 5 nitrogen and oxygen atoms in total. The SMILES string of the molecule is NCCNC(=O)C1CCCN(C(=O)C2Cc3ccccc3S2)C1. The van der Waals surface area contributed by atoms with Gasteiger partial charge in [0.25, 0.3) is 0 Å². The lowest BCUT2D eigenvalue weighted by molar-refractivity contribution is -0.135. The Morgan fingerprint density at radius 1 is 1.35 bits per heavy atom. The van der Waals surface area contributed by atoms with Crippen molar-refractivity contribution in [3.05, 3.63) is 29.8 Å². The molecule has 2 aliphatic heterocycles. The molecule has 0 spiro atoms. The van der Waals surface area contributed by atoms with E-state index in [9.17, 15) is 9.59 Å². The number of piperidine rings is 1. The Morgan fingerprint density at radius 3 is 2.96 bits per heavy atom. The quantitative estimate of drug-likeness (QED) is 0.862. The lowest BCUT2D eigenvalue weighted by Crippen LogP contribution is -2.48. The van der Waals surface area contributed by atoms with E-state index < -0.39 is 0 Å². The largest absolute Gasteiger partial charge is 0.355 e. The van der Waals surface area contributed by atoms with Gasteiger partial charge < -0.3 is 16.0 Å². The van der Waals surface area contributed by atoms with Crippen LogP contribution in [0.4, 0.5) is 0 Å². The molecule has 1 fully saturated rings. The van der Waals surface area contributed by atoms with Crippen LogP contribution in [0, 0.1) is 5.92 Å². The zero-order valence-electron chi connectivity index (χ0n) is 13.2. The lowest BCUT2D eigenvalue weighted by Gasteiger charge is -2.33. The van der Waals surface area contributed by atoms with Gasteiger partial charge >= 0.3 is 0 Å². The number of fused-ring (bicyclic) bond motifs is 1. The maximum absolute atomic E-state index is 12.8. The average molecular weight is 333 g/mol. The van der Waals surface area contributed by atoms with Gasteiger partial charge in [0.05, 0.1) is 11.2 Å². The zero-order chi connectivity index (χ0) is 16.2. The number of carbonyl (C=O) groups excluding carboxylic acids is 2. The van der Waals surface area contributed by atoms with Crippen LogP contribution in [-0.4, -0.2) is 48.1 Å². The number of likely N-dealkylation sites (tertiary alicyclic amines) is 1. The van der Waals surface area contributed by atoms with E-state index in [0.29, 0.717) is 19.6 Å². The highest BCUT2D eigenvalue weighted by atomic mass is 32.2. The fourth-order valence-electron chi connectivity index (χ4n) is 3.25. The Labute approximate surface area is 141 Å². The lowest BCUT2D eigenvalue weighted by atomic mass is 9.96. The number of nitrogens with one attached hydrogen (secondary N) is 1. The van der Waals surface area contributed by atoms with E-state index in [1.54, 1.807) is 11.8 Å². The molecule has 0 radical (unpaired) electrons. The van der Waals surface area contributed by atoms with Gasteiger partial charge in [-0.05, 0) is 30.9 Å². The molecule has 2 aliphatic rings. The van der Waals surface area contributed by atoms with Crippen LogP contribution < -0.4 is 11.1 Å². The van der Waals surface area contributed by atoms with Crippen molar-refractivity contribution in [2.45, 2.75) is 29.4 Å². The molecular formula is C17H23N3O2S. The highest BCUT2D eigenvalue weighted by Gasteiger charge is 2.35. The highest BCUT2D eigenvalue weighted by Crippen LogP contribution is 2.38. The maximum atomic E-state index is 12.8. The first-order chi connectivity index (χ1) is 11.2. The number of hydrogen-bond acceptors (Lipinski definition) is 4. The highest BCUT2D eigenvalue weighted by molar-refractivity contribution is 8.01. The molecule has 2 atom stereocenters. The minimum atomic E-state index is -0.104. The van der Waals surface area contributed by atoms with E-state index in [0.717, 1.165) is 25.8 Å². The molecule has 1 aromatic rings. The summed E-state index contributed by atoms with van der Waals surface area (Å²) in [4.78, 5) is 28.0. The molecule has 124 valence electrons. The summed E-state index contributed by atoms with van der Waals surface area (Å²) in [6, 6.07) is 8.20. The van der Waals surface area contributed by atoms with Crippen LogP contribution in [0.15, 0.2) is 29.2 Å². The minimum absolute atomic E-state index is 0.0234. The van der Waals surface area contributed by atoms with Crippen molar-refractivity contribution in [3.63, 3.8) is 0 Å². The predicted octanol–water partition coefficient (Wildman–Crippen LogP) is 1.02. The number of amides is 2. The second-order valence-electron chi connectivity index (χ2n) is 6.12. The second-order valence-corrected chi connectivity index (χ2v) is 7.37. The average Bonchev–Trinajstić information content (AvgIpc) is 3.03. The van der Waals surface area contributed by atoms with Gasteiger partial charge in [0.2, 0.25) is 11.8 Å². The van der Waals surface area contributed by atoms with Crippen LogP contribution in [0.5, 0.6) is 0 Å². The maximum Gasteiger partial charge on any atom is 0.236 e. The third kappa shape index (κ3) is 3.70. The van der Waals surface area contributed by atoms with E-state index in [2.05, 4.69) is 17.4 Å². The first-order valence-electron chi connectivity index (χ1n) is 8.20. The summed E-state index contributed by atoms with van der Waals surface area (Å²) in [6.07, 6.45) is 2.52. The first-order valence-corrected chi connectivity index (χ1v) is 9.08. The molecule has 23 heavy (non-hydrogen) atoms. The molecule has 0 aliphatic carbocycles. The Balaban J connectivity index is 1.59. The molecule has 1 aromatic carbocycles.